The van der Waals surface area contributed by atoms with E-state index in [4.69, 9.17) is 9.47 Å². The van der Waals surface area contributed by atoms with Gasteiger partial charge in [-0.1, -0.05) is 18.2 Å². The third kappa shape index (κ3) is 9.52. The zero-order valence-corrected chi connectivity index (χ0v) is 15.3. The van der Waals surface area contributed by atoms with Gasteiger partial charge in [-0.15, -0.1) is 24.0 Å². The van der Waals surface area contributed by atoms with Crippen LogP contribution in [-0.2, 0) is 4.74 Å². The smallest absolute Gasteiger partial charge is 0.191 e. The quantitative estimate of drug-likeness (QED) is 0.301. The number of hydrogen-bond donors (Lipinski definition) is 2. The SMILES string of the molecule is CCNC(=NCC(C)Oc1ccccc1)NCCOC.I. The molecule has 1 unspecified atom stereocenters. The summed E-state index contributed by atoms with van der Waals surface area (Å²) in [7, 11) is 1.68. The number of nitrogens with zero attached hydrogens (tertiary/aromatic N) is 1. The van der Waals surface area contributed by atoms with Gasteiger partial charge in [-0.25, -0.2) is 4.99 Å². The Bertz CT molecular complexity index is 388. The Hall–Kier alpha value is -1.02. The van der Waals surface area contributed by atoms with Crippen molar-refractivity contribution in [1.29, 1.82) is 0 Å². The van der Waals surface area contributed by atoms with Crippen LogP contribution in [0.5, 0.6) is 5.75 Å². The van der Waals surface area contributed by atoms with Crippen molar-refractivity contribution in [1.82, 2.24) is 10.6 Å². The molecule has 1 rings (SSSR count). The first-order chi connectivity index (χ1) is 9.76. The van der Waals surface area contributed by atoms with E-state index < -0.39 is 0 Å². The molecule has 1 aromatic carbocycles. The average molecular weight is 407 g/mol. The van der Waals surface area contributed by atoms with E-state index in [1.54, 1.807) is 7.11 Å². The van der Waals surface area contributed by atoms with Gasteiger partial charge in [0.1, 0.15) is 11.9 Å². The number of rotatable bonds is 8. The average Bonchev–Trinajstić information content (AvgIpc) is 2.46. The maximum atomic E-state index is 5.78. The van der Waals surface area contributed by atoms with E-state index in [0.717, 1.165) is 24.8 Å². The molecular weight excluding hydrogens is 381 g/mol. The van der Waals surface area contributed by atoms with Gasteiger partial charge in [-0.3, -0.25) is 0 Å². The van der Waals surface area contributed by atoms with Crippen LogP contribution in [0.15, 0.2) is 35.3 Å². The molecule has 21 heavy (non-hydrogen) atoms. The summed E-state index contributed by atoms with van der Waals surface area (Å²) in [6.07, 6.45) is 0.0234. The van der Waals surface area contributed by atoms with Gasteiger partial charge in [-0.05, 0) is 26.0 Å². The Kier molecular flexibility index (Phi) is 12.1. The largest absolute Gasteiger partial charge is 0.489 e. The first-order valence-electron chi connectivity index (χ1n) is 6.99. The number of nitrogens with one attached hydrogen (secondary N) is 2. The summed E-state index contributed by atoms with van der Waals surface area (Å²) in [6, 6.07) is 9.78. The number of para-hydroxylation sites is 1. The second-order valence-corrected chi connectivity index (χ2v) is 4.38. The van der Waals surface area contributed by atoms with Gasteiger partial charge >= 0.3 is 0 Å². The predicted molar refractivity (Wildman–Crippen MR) is 97.8 cm³/mol. The Morgan fingerprint density at radius 2 is 1.95 bits per heavy atom. The zero-order valence-electron chi connectivity index (χ0n) is 13.0. The zero-order chi connectivity index (χ0) is 14.6. The van der Waals surface area contributed by atoms with Crippen LogP contribution < -0.4 is 15.4 Å². The molecule has 0 amide bonds. The highest BCUT2D eigenvalue weighted by Gasteiger charge is 2.04. The summed E-state index contributed by atoms with van der Waals surface area (Å²) >= 11 is 0. The minimum atomic E-state index is 0. The molecule has 0 fully saturated rings. The van der Waals surface area contributed by atoms with Crippen LogP contribution in [0.4, 0.5) is 0 Å². The van der Waals surface area contributed by atoms with Crippen LogP contribution in [0.2, 0.25) is 0 Å². The summed E-state index contributed by atoms with van der Waals surface area (Å²) < 4.78 is 10.8. The van der Waals surface area contributed by atoms with Gasteiger partial charge in [0.05, 0.1) is 13.2 Å². The van der Waals surface area contributed by atoms with Gasteiger partial charge in [-0.2, -0.15) is 0 Å². The molecule has 0 spiro atoms. The third-order valence-electron chi connectivity index (χ3n) is 2.53. The predicted octanol–water partition coefficient (Wildman–Crippen LogP) is 2.27. The van der Waals surface area contributed by atoms with Crippen molar-refractivity contribution >= 4 is 29.9 Å². The molecule has 0 aliphatic carbocycles. The van der Waals surface area contributed by atoms with Crippen LogP contribution in [0.25, 0.3) is 0 Å². The maximum Gasteiger partial charge on any atom is 0.191 e. The van der Waals surface area contributed by atoms with Crippen molar-refractivity contribution in [3.05, 3.63) is 30.3 Å². The van der Waals surface area contributed by atoms with Crippen molar-refractivity contribution < 1.29 is 9.47 Å². The fourth-order valence-corrected chi connectivity index (χ4v) is 1.60. The number of guanidine groups is 1. The fourth-order valence-electron chi connectivity index (χ4n) is 1.60. The summed E-state index contributed by atoms with van der Waals surface area (Å²) in [5, 5.41) is 6.39. The van der Waals surface area contributed by atoms with Crippen molar-refractivity contribution in [2.75, 3.05) is 33.4 Å². The van der Waals surface area contributed by atoms with Crippen molar-refractivity contribution in [2.45, 2.75) is 20.0 Å². The molecule has 1 atom stereocenters. The summed E-state index contributed by atoms with van der Waals surface area (Å²) in [4.78, 5) is 4.50. The van der Waals surface area contributed by atoms with Crippen molar-refractivity contribution in [3.8, 4) is 5.75 Å². The molecule has 1 aromatic rings. The van der Waals surface area contributed by atoms with E-state index in [-0.39, 0.29) is 30.1 Å². The number of hydrogen-bond acceptors (Lipinski definition) is 3. The lowest BCUT2D eigenvalue weighted by Crippen LogP contribution is -2.39. The number of halogens is 1. The molecule has 0 saturated carbocycles. The van der Waals surface area contributed by atoms with Gasteiger partial charge in [0.15, 0.2) is 5.96 Å². The van der Waals surface area contributed by atoms with E-state index in [0.29, 0.717) is 13.2 Å². The Morgan fingerprint density at radius 3 is 2.57 bits per heavy atom. The van der Waals surface area contributed by atoms with Crippen molar-refractivity contribution in [3.63, 3.8) is 0 Å². The van der Waals surface area contributed by atoms with Crippen LogP contribution in [0.1, 0.15) is 13.8 Å². The molecule has 5 nitrogen and oxygen atoms in total. The van der Waals surface area contributed by atoms with Crippen LogP contribution >= 0.6 is 24.0 Å². The molecular formula is C15H26IN3O2. The first-order valence-corrected chi connectivity index (χ1v) is 6.99. The minimum absolute atomic E-state index is 0. The lowest BCUT2D eigenvalue weighted by atomic mass is 10.3. The number of benzene rings is 1. The molecule has 0 heterocycles. The first kappa shape index (κ1) is 20.0. The van der Waals surface area contributed by atoms with E-state index in [1.807, 2.05) is 44.2 Å². The highest BCUT2D eigenvalue weighted by atomic mass is 127. The molecule has 6 heteroatoms. The second kappa shape index (κ2) is 12.7. The topological polar surface area (TPSA) is 54.9 Å². The van der Waals surface area contributed by atoms with Crippen LogP contribution in [-0.4, -0.2) is 45.4 Å². The summed E-state index contributed by atoms with van der Waals surface area (Å²) in [5.74, 6) is 1.65. The minimum Gasteiger partial charge on any atom is -0.489 e. The molecule has 0 radical (unpaired) electrons. The summed E-state index contributed by atoms with van der Waals surface area (Å²) in [6.45, 7) is 6.85. The number of ether oxygens (including phenoxy) is 2. The molecule has 0 aromatic heterocycles. The molecule has 0 aliphatic rings. The fraction of sp³-hybridized carbons (Fsp3) is 0.533. The van der Waals surface area contributed by atoms with Crippen LogP contribution in [0.3, 0.4) is 0 Å². The molecule has 120 valence electrons. The van der Waals surface area contributed by atoms with E-state index in [9.17, 15) is 0 Å². The monoisotopic (exact) mass is 407 g/mol. The molecule has 0 saturated heterocycles. The number of methoxy groups -OCH3 is 1. The van der Waals surface area contributed by atoms with Gasteiger partial charge in [0, 0.05) is 20.2 Å². The Labute approximate surface area is 144 Å². The highest BCUT2D eigenvalue weighted by Crippen LogP contribution is 2.10. The van der Waals surface area contributed by atoms with E-state index in [2.05, 4.69) is 15.6 Å². The third-order valence-corrected chi connectivity index (χ3v) is 2.53. The lowest BCUT2D eigenvalue weighted by Gasteiger charge is -2.15. The van der Waals surface area contributed by atoms with Gasteiger partial charge in [0.25, 0.3) is 0 Å². The Morgan fingerprint density at radius 1 is 1.24 bits per heavy atom. The highest BCUT2D eigenvalue weighted by molar-refractivity contribution is 14.0. The van der Waals surface area contributed by atoms with Gasteiger partial charge < -0.3 is 20.1 Å². The Balaban J connectivity index is 0.00000400. The van der Waals surface area contributed by atoms with E-state index >= 15 is 0 Å². The maximum absolute atomic E-state index is 5.78. The number of aliphatic imine (C=N–C) groups is 1. The standard InChI is InChI=1S/C15H25N3O2.HI/c1-4-16-15(17-10-11-19-3)18-12-13(2)20-14-8-6-5-7-9-14;/h5-9,13H,4,10-12H2,1-3H3,(H2,16,17,18);1H. The summed E-state index contributed by atoms with van der Waals surface area (Å²) in [5.41, 5.74) is 0. The molecule has 0 aliphatic heterocycles. The molecule has 2 N–H and O–H groups in total. The van der Waals surface area contributed by atoms with Crippen molar-refractivity contribution in [2.24, 2.45) is 4.99 Å². The molecule has 0 bridgehead atoms. The van der Waals surface area contributed by atoms with E-state index in [1.165, 1.54) is 0 Å². The second-order valence-electron chi connectivity index (χ2n) is 4.38. The normalized spacial score (nSPS) is 12.2. The lowest BCUT2D eigenvalue weighted by molar-refractivity contribution is 0.203. The van der Waals surface area contributed by atoms with Gasteiger partial charge in [0.2, 0.25) is 0 Å². The van der Waals surface area contributed by atoms with Crippen LogP contribution in [0, 0.1) is 0 Å².